The maximum atomic E-state index is 13.0. The Morgan fingerprint density at radius 2 is 2.00 bits per heavy atom. The molecule has 0 spiro atoms. The van der Waals surface area contributed by atoms with Crippen LogP contribution in [0.25, 0.3) is 10.8 Å². The lowest BCUT2D eigenvalue weighted by atomic mass is 10.1. The van der Waals surface area contributed by atoms with Crippen molar-refractivity contribution in [1.82, 2.24) is 14.5 Å². The number of aliphatic hydroxyl groups is 1. The lowest BCUT2D eigenvalue weighted by molar-refractivity contribution is -0.118. The summed E-state index contributed by atoms with van der Waals surface area (Å²) < 4.78 is 1.26. The summed E-state index contributed by atoms with van der Waals surface area (Å²) in [6.45, 7) is 7.34. The monoisotopic (exact) mass is 410 g/mol. The van der Waals surface area contributed by atoms with E-state index in [1.807, 2.05) is 20.8 Å². The van der Waals surface area contributed by atoms with Gasteiger partial charge in [-0.05, 0) is 62.9 Å². The number of carbonyl (C=O) groups excluding carboxylic acids is 1. The van der Waals surface area contributed by atoms with Crippen molar-refractivity contribution in [1.29, 1.82) is 0 Å². The van der Waals surface area contributed by atoms with Crippen molar-refractivity contribution >= 4 is 34.1 Å². The third-order valence-corrected chi connectivity index (χ3v) is 4.30. The molecule has 0 aromatic carbocycles. The third kappa shape index (κ3) is 4.93. The van der Waals surface area contributed by atoms with Crippen LogP contribution in [0.5, 0.6) is 0 Å². The molecule has 0 aliphatic heterocycles. The van der Waals surface area contributed by atoms with Crippen LogP contribution < -0.4 is 21.9 Å². The molecule has 0 fully saturated rings. The first-order valence-electron chi connectivity index (χ1n) is 9.55. The predicted octanol–water partition coefficient (Wildman–Crippen LogP) is 2.28. The second kappa shape index (κ2) is 8.11. The number of nitrogens with one attached hydrogen (secondary N) is 2. The first-order chi connectivity index (χ1) is 14.0. The number of anilines is 3. The molecule has 3 rings (SSSR count). The number of aromatic nitrogens is 3. The smallest absolute Gasteiger partial charge is 0.262 e. The van der Waals surface area contributed by atoms with Gasteiger partial charge in [-0.15, -0.1) is 0 Å². The summed E-state index contributed by atoms with van der Waals surface area (Å²) in [5, 5.41) is 17.2. The van der Waals surface area contributed by atoms with E-state index < -0.39 is 12.0 Å². The highest BCUT2D eigenvalue weighted by atomic mass is 16.3. The summed E-state index contributed by atoms with van der Waals surface area (Å²) in [7, 11) is 0. The Labute approximate surface area is 174 Å². The number of pyridine rings is 3. The van der Waals surface area contributed by atoms with Gasteiger partial charge in [0.25, 0.3) is 5.56 Å². The van der Waals surface area contributed by atoms with Crippen LogP contribution in [-0.4, -0.2) is 31.1 Å². The van der Waals surface area contributed by atoms with Crippen molar-refractivity contribution in [2.45, 2.75) is 45.9 Å². The third-order valence-electron chi connectivity index (χ3n) is 4.30. The van der Waals surface area contributed by atoms with Crippen LogP contribution in [0, 0.1) is 0 Å². The number of aliphatic hydroxyl groups excluding tert-OH is 1. The van der Waals surface area contributed by atoms with Gasteiger partial charge >= 0.3 is 0 Å². The minimum atomic E-state index is -0.625. The second-order valence-corrected chi connectivity index (χ2v) is 8.19. The highest BCUT2D eigenvalue weighted by Gasteiger charge is 2.18. The first kappa shape index (κ1) is 21.3. The molecule has 0 saturated heterocycles. The summed E-state index contributed by atoms with van der Waals surface area (Å²) in [5.74, 6) is 0.788. The predicted molar refractivity (Wildman–Crippen MR) is 117 cm³/mol. The molecule has 0 saturated carbocycles. The molecule has 0 aliphatic rings. The number of rotatable bonds is 6. The molecule has 9 heteroatoms. The molecule has 1 amide bonds. The van der Waals surface area contributed by atoms with Crippen LogP contribution >= 0.6 is 0 Å². The number of hydrogen-bond acceptors (Lipinski definition) is 7. The van der Waals surface area contributed by atoms with Gasteiger partial charge in [-0.2, -0.15) is 0 Å². The Hall–Kier alpha value is -3.46. The number of primary amides is 1. The number of hydrogen-bond donors (Lipinski definition) is 4. The maximum Gasteiger partial charge on any atom is 0.262 e. The van der Waals surface area contributed by atoms with Crippen molar-refractivity contribution in [3.05, 3.63) is 52.6 Å². The number of fused-ring (bicyclic) bond motifs is 1. The zero-order valence-corrected chi connectivity index (χ0v) is 17.4. The molecular weight excluding hydrogens is 384 g/mol. The van der Waals surface area contributed by atoms with Crippen molar-refractivity contribution in [3.8, 4) is 0 Å². The standard InChI is InChI=1S/C21H26N6O3/c1-12(28)13-5-7-23-16(9-13)24-17-10-14-6-8-27(11-15(22)29)20(30)18(14)19(25-17)26-21(2,3)4/h5-10,12,28H,11H2,1-4H3,(H2,22,29)(H2,23,24,25,26). The fourth-order valence-corrected chi connectivity index (χ4v) is 3.01. The lowest BCUT2D eigenvalue weighted by Gasteiger charge is -2.23. The second-order valence-electron chi connectivity index (χ2n) is 8.19. The lowest BCUT2D eigenvalue weighted by Crippen LogP contribution is -2.30. The fraction of sp³-hybridized carbons (Fsp3) is 0.333. The van der Waals surface area contributed by atoms with E-state index >= 15 is 0 Å². The average Bonchev–Trinajstić information content (AvgIpc) is 2.62. The highest BCUT2D eigenvalue weighted by Crippen LogP contribution is 2.26. The van der Waals surface area contributed by atoms with Gasteiger partial charge in [-0.1, -0.05) is 0 Å². The summed E-state index contributed by atoms with van der Waals surface area (Å²) in [6.07, 6.45) is 2.51. The first-order valence-corrected chi connectivity index (χ1v) is 9.55. The summed E-state index contributed by atoms with van der Waals surface area (Å²) in [5.41, 5.74) is 5.26. The van der Waals surface area contributed by atoms with E-state index in [0.29, 0.717) is 28.2 Å². The van der Waals surface area contributed by atoms with Crippen LogP contribution in [0.15, 0.2) is 41.5 Å². The topological polar surface area (TPSA) is 135 Å². The molecule has 0 aliphatic carbocycles. The molecule has 158 valence electrons. The van der Waals surface area contributed by atoms with Crippen LogP contribution in [0.3, 0.4) is 0 Å². The normalized spacial score (nSPS) is 12.6. The van der Waals surface area contributed by atoms with Crippen LogP contribution in [0.2, 0.25) is 0 Å². The number of carbonyl (C=O) groups is 1. The minimum absolute atomic E-state index is 0.209. The van der Waals surface area contributed by atoms with Gasteiger partial charge < -0.3 is 26.0 Å². The average molecular weight is 410 g/mol. The number of nitrogens with zero attached hydrogens (tertiary/aromatic N) is 3. The van der Waals surface area contributed by atoms with E-state index in [0.717, 1.165) is 5.56 Å². The van der Waals surface area contributed by atoms with Crippen LogP contribution in [0.4, 0.5) is 17.5 Å². The van der Waals surface area contributed by atoms with E-state index in [1.165, 1.54) is 10.8 Å². The molecule has 3 aromatic heterocycles. The van der Waals surface area contributed by atoms with Crippen molar-refractivity contribution in [2.24, 2.45) is 5.73 Å². The van der Waals surface area contributed by atoms with Crippen molar-refractivity contribution in [3.63, 3.8) is 0 Å². The molecule has 0 bridgehead atoms. The molecule has 5 N–H and O–H groups in total. The Balaban J connectivity index is 2.12. The zero-order valence-electron chi connectivity index (χ0n) is 17.4. The molecule has 0 radical (unpaired) electrons. The van der Waals surface area contributed by atoms with Gasteiger partial charge in [0.15, 0.2) is 0 Å². The Bertz CT molecular complexity index is 1150. The molecular formula is C21H26N6O3. The van der Waals surface area contributed by atoms with Gasteiger partial charge in [0, 0.05) is 17.9 Å². The van der Waals surface area contributed by atoms with Gasteiger partial charge in [0.05, 0.1) is 11.5 Å². The van der Waals surface area contributed by atoms with Crippen LogP contribution in [0.1, 0.15) is 39.4 Å². The van der Waals surface area contributed by atoms with Gasteiger partial charge in [0.1, 0.15) is 24.0 Å². The van der Waals surface area contributed by atoms with E-state index in [-0.39, 0.29) is 17.6 Å². The SMILES string of the molecule is CC(O)c1ccnc(Nc2cc3ccn(CC(N)=O)c(=O)c3c(NC(C)(C)C)n2)c1. The number of nitrogens with two attached hydrogens (primary N) is 1. The Kier molecular flexibility index (Phi) is 5.75. The van der Waals surface area contributed by atoms with Crippen molar-refractivity contribution < 1.29 is 9.90 Å². The molecule has 3 aromatic rings. The fourth-order valence-electron chi connectivity index (χ4n) is 3.01. The molecule has 30 heavy (non-hydrogen) atoms. The van der Waals surface area contributed by atoms with Gasteiger partial charge in [-0.25, -0.2) is 9.97 Å². The van der Waals surface area contributed by atoms with Crippen LogP contribution in [-0.2, 0) is 11.3 Å². The largest absolute Gasteiger partial charge is 0.389 e. The molecule has 1 atom stereocenters. The highest BCUT2D eigenvalue weighted by molar-refractivity contribution is 5.93. The summed E-state index contributed by atoms with van der Waals surface area (Å²) in [6, 6.07) is 6.94. The van der Waals surface area contributed by atoms with E-state index in [1.54, 1.807) is 37.4 Å². The van der Waals surface area contributed by atoms with Crippen molar-refractivity contribution in [2.75, 3.05) is 10.6 Å². The van der Waals surface area contributed by atoms with E-state index in [4.69, 9.17) is 5.73 Å². The van der Waals surface area contributed by atoms with E-state index in [9.17, 15) is 14.7 Å². The zero-order chi connectivity index (χ0) is 22.1. The molecule has 3 heterocycles. The Morgan fingerprint density at radius 1 is 1.27 bits per heavy atom. The van der Waals surface area contributed by atoms with Gasteiger partial charge in [-0.3, -0.25) is 9.59 Å². The van der Waals surface area contributed by atoms with Gasteiger partial charge in [0.2, 0.25) is 5.91 Å². The molecule has 1 unspecified atom stereocenters. The van der Waals surface area contributed by atoms with E-state index in [2.05, 4.69) is 20.6 Å². The Morgan fingerprint density at radius 3 is 2.63 bits per heavy atom. The number of amides is 1. The minimum Gasteiger partial charge on any atom is -0.389 e. The summed E-state index contributed by atoms with van der Waals surface area (Å²) >= 11 is 0. The summed E-state index contributed by atoms with van der Waals surface area (Å²) in [4.78, 5) is 33.1. The maximum absolute atomic E-state index is 13.0. The molecule has 9 nitrogen and oxygen atoms in total. The quantitative estimate of drug-likeness (QED) is 0.489.